The predicted molar refractivity (Wildman–Crippen MR) is 110 cm³/mol. The number of hydrogen-bond donors (Lipinski definition) is 1. The van der Waals surface area contributed by atoms with E-state index in [4.69, 9.17) is 10.00 Å². The summed E-state index contributed by atoms with van der Waals surface area (Å²) in [7, 11) is 0. The number of nitriles is 1. The normalized spacial score (nSPS) is 14.8. The molecule has 1 aliphatic heterocycles. The molecule has 2 aromatic rings. The summed E-state index contributed by atoms with van der Waals surface area (Å²) in [6, 6.07) is 16.3. The van der Waals surface area contributed by atoms with Crippen molar-refractivity contribution in [3.8, 4) is 17.6 Å². The van der Waals surface area contributed by atoms with Crippen molar-refractivity contribution in [1.82, 2.24) is 9.80 Å². The standard InChI is InChI=1S/C22H26N4O2/c1-2-12-25-13-3-14-26(16-15-25)22(27)24-19-6-10-21(11-7-19)28-20-8-4-18(17-23)5-9-20/h4-11H,2-3,12-16H2,1H3,(H,24,27). The van der Waals surface area contributed by atoms with Crippen LogP contribution in [0.4, 0.5) is 10.5 Å². The summed E-state index contributed by atoms with van der Waals surface area (Å²) >= 11 is 0. The number of carbonyl (C=O) groups excluding carboxylic acids is 1. The zero-order chi connectivity index (χ0) is 19.8. The molecule has 0 unspecified atom stereocenters. The van der Waals surface area contributed by atoms with E-state index in [1.807, 2.05) is 29.2 Å². The lowest BCUT2D eigenvalue weighted by Crippen LogP contribution is -2.38. The van der Waals surface area contributed by atoms with Gasteiger partial charge in [-0.2, -0.15) is 5.26 Å². The van der Waals surface area contributed by atoms with Gasteiger partial charge >= 0.3 is 6.03 Å². The first-order valence-corrected chi connectivity index (χ1v) is 9.74. The van der Waals surface area contributed by atoms with Gasteiger partial charge in [0.1, 0.15) is 11.5 Å². The Labute approximate surface area is 166 Å². The molecule has 6 nitrogen and oxygen atoms in total. The van der Waals surface area contributed by atoms with E-state index in [-0.39, 0.29) is 6.03 Å². The van der Waals surface area contributed by atoms with Gasteiger partial charge in [0.15, 0.2) is 0 Å². The molecular weight excluding hydrogens is 352 g/mol. The highest BCUT2D eigenvalue weighted by atomic mass is 16.5. The van der Waals surface area contributed by atoms with Gasteiger partial charge < -0.3 is 19.9 Å². The number of hydrogen-bond acceptors (Lipinski definition) is 4. The fraction of sp³-hybridized carbons (Fsp3) is 0.364. The second-order valence-corrected chi connectivity index (χ2v) is 6.88. The Balaban J connectivity index is 1.53. The van der Waals surface area contributed by atoms with Crippen molar-refractivity contribution in [3.63, 3.8) is 0 Å². The molecule has 0 atom stereocenters. The van der Waals surface area contributed by atoms with Crippen LogP contribution in [0.15, 0.2) is 48.5 Å². The summed E-state index contributed by atoms with van der Waals surface area (Å²) in [5.41, 5.74) is 1.34. The van der Waals surface area contributed by atoms with Crippen molar-refractivity contribution in [3.05, 3.63) is 54.1 Å². The first kappa shape index (κ1) is 19.7. The van der Waals surface area contributed by atoms with Gasteiger partial charge in [-0.15, -0.1) is 0 Å². The molecule has 2 aromatic carbocycles. The lowest BCUT2D eigenvalue weighted by Gasteiger charge is -2.22. The smallest absolute Gasteiger partial charge is 0.321 e. The van der Waals surface area contributed by atoms with Gasteiger partial charge in [0.05, 0.1) is 11.6 Å². The summed E-state index contributed by atoms with van der Waals surface area (Å²) in [6.45, 7) is 6.80. The van der Waals surface area contributed by atoms with Crippen molar-refractivity contribution >= 4 is 11.7 Å². The largest absolute Gasteiger partial charge is 0.457 e. The van der Waals surface area contributed by atoms with Crippen LogP contribution in [0.1, 0.15) is 25.3 Å². The second kappa shape index (κ2) is 9.77. The van der Waals surface area contributed by atoms with Gasteiger partial charge in [0.2, 0.25) is 0 Å². The molecule has 1 fully saturated rings. The minimum absolute atomic E-state index is 0.0564. The topological polar surface area (TPSA) is 68.6 Å². The fourth-order valence-corrected chi connectivity index (χ4v) is 3.26. The van der Waals surface area contributed by atoms with Crippen molar-refractivity contribution in [2.75, 3.05) is 38.0 Å². The Morgan fingerprint density at radius 3 is 2.36 bits per heavy atom. The summed E-state index contributed by atoms with van der Waals surface area (Å²) in [4.78, 5) is 16.9. The summed E-state index contributed by atoms with van der Waals surface area (Å²) in [5.74, 6) is 1.34. The number of nitrogens with one attached hydrogen (secondary N) is 1. The third-order valence-corrected chi connectivity index (χ3v) is 4.74. The molecule has 2 amide bonds. The van der Waals surface area contributed by atoms with E-state index in [1.54, 1.807) is 24.3 Å². The lowest BCUT2D eigenvalue weighted by atomic mass is 10.2. The molecule has 0 bridgehead atoms. The predicted octanol–water partition coefficient (Wildman–Crippen LogP) is 4.30. The van der Waals surface area contributed by atoms with E-state index in [0.29, 0.717) is 17.1 Å². The summed E-state index contributed by atoms with van der Waals surface area (Å²) < 4.78 is 5.77. The van der Waals surface area contributed by atoms with Crippen molar-refractivity contribution in [1.29, 1.82) is 5.26 Å². The van der Waals surface area contributed by atoms with Crippen LogP contribution in [-0.2, 0) is 0 Å². The number of anilines is 1. The van der Waals surface area contributed by atoms with Crippen LogP contribution in [0.2, 0.25) is 0 Å². The molecule has 0 aliphatic carbocycles. The van der Waals surface area contributed by atoms with Gasteiger partial charge in [0, 0.05) is 25.3 Å². The fourth-order valence-electron chi connectivity index (χ4n) is 3.26. The van der Waals surface area contributed by atoms with Gasteiger partial charge in [-0.05, 0) is 74.5 Å². The van der Waals surface area contributed by atoms with E-state index in [2.05, 4.69) is 23.2 Å². The lowest BCUT2D eigenvalue weighted by molar-refractivity contribution is 0.211. The van der Waals surface area contributed by atoms with Crippen molar-refractivity contribution in [2.45, 2.75) is 19.8 Å². The number of rotatable bonds is 5. The van der Waals surface area contributed by atoms with E-state index in [9.17, 15) is 4.79 Å². The maximum Gasteiger partial charge on any atom is 0.321 e. The summed E-state index contributed by atoms with van der Waals surface area (Å²) in [5, 5.41) is 11.8. The molecule has 28 heavy (non-hydrogen) atoms. The monoisotopic (exact) mass is 378 g/mol. The average molecular weight is 378 g/mol. The van der Waals surface area contributed by atoms with Gasteiger partial charge in [-0.25, -0.2) is 4.79 Å². The van der Waals surface area contributed by atoms with E-state index >= 15 is 0 Å². The molecule has 1 aliphatic rings. The minimum atomic E-state index is -0.0564. The minimum Gasteiger partial charge on any atom is -0.457 e. The SMILES string of the molecule is CCCN1CCCN(C(=O)Nc2ccc(Oc3ccc(C#N)cc3)cc2)CC1. The van der Waals surface area contributed by atoms with Gasteiger partial charge in [-0.1, -0.05) is 6.92 Å². The maximum absolute atomic E-state index is 12.6. The number of ether oxygens (including phenoxy) is 1. The highest BCUT2D eigenvalue weighted by molar-refractivity contribution is 5.89. The number of amides is 2. The molecule has 3 rings (SSSR count). The average Bonchev–Trinajstić information content (AvgIpc) is 2.96. The molecule has 0 spiro atoms. The second-order valence-electron chi connectivity index (χ2n) is 6.88. The quantitative estimate of drug-likeness (QED) is 0.842. The van der Waals surface area contributed by atoms with Crippen LogP contribution in [0.3, 0.4) is 0 Å². The molecular formula is C22H26N4O2. The molecule has 6 heteroatoms. The third-order valence-electron chi connectivity index (χ3n) is 4.74. The number of benzene rings is 2. The van der Waals surface area contributed by atoms with Gasteiger partial charge in [0.25, 0.3) is 0 Å². The van der Waals surface area contributed by atoms with E-state index in [0.717, 1.165) is 51.3 Å². The number of carbonyl (C=O) groups is 1. The van der Waals surface area contributed by atoms with Crippen LogP contribution in [-0.4, -0.2) is 48.6 Å². The van der Waals surface area contributed by atoms with Crippen LogP contribution in [0, 0.1) is 11.3 Å². The van der Waals surface area contributed by atoms with Crippen molar-refractivity contribution < 1.29 is 9.53 Å². The molecule has 1 saturated heterocycles. The number of nitrogens with zero attached hydrogens (tertiary/aromatic N) is 3. The first-order chi connectivity index (χ1) is 13.7. The van der Waals surface area contributed by atoms with E-state index in [1.165, 1.54) is 0 Å². The molecule has 0 saturated carbocycles. The van der Waals surface area contributed by atoms with Gasteiger partial charge in [-0.3, -0.25) is 0 Å². The van der Waals surface area contributed by atoms with Crippen LogP contribution in [0.25, 0.3) is 0 Å². The Kier molecular flexibility index (Phi) is 6.88. The first-order valence-electron chi connectivity index (χ1n) is 9.74. The molecule has 1 N–H and O–H groups in total. The van der Waals surface area contributed by atoms with Crippen LogP contribution >= 0.6 is 0 Å². The Bertz CT molecular complexity index is 812. The zero-order valence-corrected chi connectivity index (χ0v) is 16.2. The van der Waals surface area contributed by atoms with Crippen LogP contribution in [0.5, 0.6) is 11.5 Å². The molecule has 0 aromatic heterocycles. The Hall–Kier alpha value is -3.04. The van der Waals surface area contributed by atoms with Crippen molar-refractivity contribution in [2.24, 2.45) is 0 Å². The number of urea groups is 1. The molecule has 0 radical (unpaired) electrons. The molecule has 1 heterocycles. The summed E-state index contributed by atoms with van der Waals surface area (Å²) in [6.07, 6.45) is 2.15. The van der Waals surface area contributed by atoms with E-state index < -0.39 is 0 Å². The maximum atomic E-state index is 12.6. The highest BCUT2D eigenvalue weighted by Crippen LogP contribution is 2.23. The third kappa shape index (κ3) is 5.48. The Morgan fingerprint density at radius 2 is 1.71 bits per heavy atom. The Morgan fingerprint density at radius 1 is 1.04 bits per heavy atom. The highest BCUT2D eigenvalue weighted by Gasteiger charge is 2.18. The molecule has 146 valence electrons. The zero-order valence-electron chi connectivity index (χ0n) is 16.2. The van der Waals surface area contributed by atoms with Crippen LogP contribution < -0.4 is 10.1 Å².